The molecule has 1 unspecified atom stereocenters. The number of carboxylic acid groups (broad SMARTS) is 1. The van der Waals surface area contributed by atoms with Gasteiger partial charge in [-0.25, -0.2) is 4.79 Å². The molecule has 0 aliphatic carbocycles. The molecular weight excluding hydrogens is 456 g/mol. The summed E-state index contributed by atoms with van der Waals surface area (Å²) >= 11 is 6.21. The number of rotatable bonds is 7. The first kappa shape index (κ1) is 23.2. The fraction of sp³-hybridized carbons (Fsp3) is 0.154. The van der Waals surface area contributed by atoms with Crippen LogP contribution in [-0.4, -0.2) is 27.2 Å². The van der Waals surface area contributed by atoms with Crippen LogP contribution in [-0.2, 0) is 16.0 Å². The number of carbonyl (C=O) groups excluding carboxylic acids is 1. The van der Waals surface area contributed by atoms with E-state index in [1.807, 2.05) is 36.4 Å². The molecule has 34 heavy (non-hydrogen) atoms. The van der Waals surface area contributed by atoms with Gasteiger partial charge >= 0.3 is 11.9 Å². The molecule has 0 spiro atoms. The van der Waals surface area contributed by atoms with Crippen molar-refractivity contribution in [2.75, 3.05) is 0 Å². The van der Waals surface area contributed by atoms with Crippen molar-refractivity contribution in [2.24, 2.45) is 0 Å². The van der Waals surface area contributed by atoms with Crippen molar-refractivity contribution >= 4 is 23.5 Å². The third-order valence-electron chi connectivity index (χ3n) is 5.38. The zero-order chi connectivity index (χ0) is 24.2. The van der Waals surface area contributed by atoms with Gasteiger partial charge in [-0.3, -0.25) is 9.78 Å². The number of halogens is 1. The number of carboxylic acids is 1. The number of aryl methyl sites for hydroxylation is 1. The van der Waals surface area contributed by atoms with Crippen LogP contribution in [0.4, 0.5) is 0 Å². The van der Waals surface area contributed by atoms with E-state index in [2.05, 4.69) is 10.1 Å². The largest absolute Gasteiger partial charge is 0.478 e. The van der Waals surface area contributed by atoms with E-state index >= 15 is 0 Å². The fourth-order valence-corrected chi connectivity index (χ4v) is 3.91. The Morgan fingerprint density at radius 2 is 1.85 bits per heavy atom. The van der Waals surface area contributed by atoms with Gasteiger partial charge in [0.15, 0.2) is 5.76 Å². The lowest BCUT2D eigenvalue weighted by molar-refractivity contribution is -0.147. The van der Waals surface area contributed by atoms with Gasteiger partial charge in [0, 0.05) is 33.5 Å². The first-order chi connectivity index (χ1) is 16.3. The van der Waals surface area contributed by atoms with Crippen molar-refractivity contribution in [2.45, 2.75) is 26.4 Å². The average molecular weight is 477 g/mol. The van der Waals surface area contributed by atoms with Crippen molar-refractivity contribution in [3.63, 3.8) is 0 Å². The summed E-state index contributed by atoms with van der Waals surface area (Å²) in [6.45, 7) is 3.52. The van der Waals surface area contributed by atoms with Crippen LogP contribution < -0.4 is 0 Å². The molecule has 7 nitrogen and oxygen atoms in total. The number of aromatic nitrogens is 2. The molecule has 1 N–H and O–H groups in total. The van der Waals surface area contributed by atoms with Crippen LogP contribution >= 0.6 is 11.6 Å². The Hall–Kier alpha value is -3.97. The second-order valence-electron chi connectivity index (χ2n) is 7.72. The van der Waals surface area contributed by atoms with E-state index in [1.54, 1.807) is 26.0 Å². The molecule has 2 heterocycles. The highest BCUT2D eigenvalue weighted by atomic mass is 35.5. The molecule has 172 valence electrons. The van der Waals surface area contributed by atoms with Crippen LogP contribution in [0.5, 0.6) is 0 Å². The van der Waals surface area contributed by atoms with Gasteiger partial charge in [-0.2, -0.15) is 0 Å². The molecule has 2 aromatic heterocycles. The molecule has 8 heteroatoms. The van der Waals surface area contributed by atoms with Crippen molar-refractivity contribution in [3.05, 3.63) is 94.3 Å². The standard InChI is InChI=1S/C26H21ClN2O5/c1-15-21(14-24(30)33-16(2)20-8-3-4-9-22(20)27)25(34-29-15)18-7-5-6-17(12-18)23-13-19(26(31)32)10-11-28-23/h3-13,16H,14H2,1-2H3,(H,31,32). The van der Waals surface area contributed by atoms with Gasteiger partial charge in [-0.1, -0.05) is 53.2 Å². The summed E-state index contributed by atoms with van der Waals surface area (Å²) in [6.07, 6.45) is 0.906. The van der Waals surface area contributed by atoms with Crippen LogP contribution in [0, 0.1) is 6.92 Å². The number of ether oxygens (including phenoxy) is 1. The number of aromatic carboxylic acids is 1. The number of benzene rings is 2. The maximum atomic E-state index is 12.7. The molecule has 0 amide bonds. The zero-order valence-electron chi connectivity index (χ0n) is 18.5. The minimum absolute atomic E-state index is 0.0313. The highest BCUT2D eigenvalue weighted by Crippen LogP contribution is 2.31. The quantitative estimate of drug-likeness (QED) is 0.331. The summed E-state index contributed by atoms with van der Waals surface area (Å²) in [5.41, 5.74) is 3.95. The Bertz CT molecular complexity index is 1360. The smallest absolute Gasteiger partial charge is 0.335 e. The van der Waals surface area contributed by atoms with E-state index < -0.39 is 18.0 Å². The Kier molecular flexibility index (Phi) is 6.75. The summed E-state index contributed by atoms with van der Waals surface area (Å²) in [6, 6.07) is 17.4. The lowest BCUT2D eigenvalue weighted by atomic mass is 10.0. The molecule has 4 rings (SSSR count). The van der Waals surface area contributed by atoms with E-state index in [1.165, 1.54) is 18.3 Å². The van der Waals surface area contributed by atoms with Gasteiger partial charge in [-0.15, -0.1) is 0 Å². The van der Waals surface area contributed by atoms with Crippen LogP contribution in [0.2, 0.25) is 5.02 Å². The monoisotopic (exact) mass is 476 g/mol. The molecule has 0 saturated heterocycles. The molecule has 2 aromatic carbocycles. The van der Waals surface area contributed by atoms with Crippen LogP contribution in [0.1, 0.15) is 40.2 Å². The molecule has 0 bridgehead atoms. The number of pyridine rings is 1. The van der Waals surface area contributed by atoms with Gasteiger partial charge < -0.3 is 14.4 Å². The Morgan fingerprint density at radius 1 is 1.09 bits per heavy atom. The highest BCUT2D eigenvalue weighted by Gasteiger charge is 2.21. The van der Waals surface area contributed by atoms with Gasteiger partial charge in [-0.05, 0) is 38.1 Å². The number of hydrogen-bond donors (Lipinski definition) is 1. The van der Waals surface area contributed by atoms with E-state index in [9.17, 15) is 14.7 Å². The van der Waals surface area contributed by atoms with Gasteiger partial charge in [0.2, 0.25) is 0 Å². The Labute approximate surface area is 201 Å². The van der Waals surface area contributed by atoms with Crippen molar-refractivity contribution in [1.29, 1.82) is 0 Å². The molecule has 0 saturated carbocycles. The topological polar surface area (TPSA) is 103 Å². The Balaban J connectivity index is 1.58. The molecular formula is C26H21ClN2O5. The highest BCUT2D eigenvalue weighted by molar-refractivity contribution is 6.31. The SMILES string of the molecule is Cc1noc(-c2cccc(-c3cc(C(=O)O)ccn3)c2)c1CC(=O)OC(C)c1ccccc1Cl. The average Bonchev–Trinajstić information content (AvgIpc) is 3.19. The van der Waals surface area contributed by atoms with Gasteiger partial charge in [0.25, 0.3) is 0 Å². The zero-order valence-corrected chi connectivity index (χ0v) is 19.2. The second kappa shape index (κ2) is 9.89. The number of nitrogens with zero attached hydrogens (tertiary/aromatic N) is 2. The summed E-state index contributed by atoms with van der Waals surface area (Å²) in [5.74, 6) is -1.03. The maximum absolute atomic E-state index is 12.7. The van der Waals surface area contributed by atoms with Crippen molar-refractivity contribution in [1.82, 2.24) is 10.1 Å². The van der Waals surface area contributed by atoms with Crippen molar-refractivity contribution < 1.29 is 24.0 Å². The van der Waals surface area contributed by atoms with Gasteiger partial charge in [0.05, 0.1) is 23.4 Å². The predicted octanol–water partition coefficient (Wildman–Crippen LogP) is 5.91. The summed E-state index contributed by atoms with van der Waals surface area (Å²) in [7, 11) is 0. The summed E-state index contributed by atoms with van der Waals surface area (Å²) < 4.78 is 11.2. The second-order valence-corrected chi connectivity index (χ2v) is 8.13. The van der Waals surface area contributed by atoms with E-state index in [0.717, 1.165) is 5.56 Å². The minimum atomic E-state index is -1.03. The number of esters is 1. The molecule has 0 radical (unpaired) electrons. The maximum Gasteiger partial charge on any atom is 0.335 e. The molecule has 0 fully saturated rings. The van der Waals surface area contributed by atoms with E-state index in [4.69, 9.17) is 20.9 Å². The summed E-state index contributed by atoms with van der Waals surface area (Å²) in [5, 5.41) is 13.8. The number of hydrogen-bond acceptors (Lipinski definition) is 6. The first-order valence-electron chi connectivity index (χ1n) is 10.5. The van der Waals surface area contributed by atoms with Crippen LogP contribution in [0.3, 0.4) is 0 Å². The molecule has 4 aromatic rings. The normalized spacial score (nSPS) is 11.7. The van der Waals surface area contributed by atoms with Crippen LogP contribution in [0.15, 0.2) is 71.4 Å². The van der Waals surface area contributed by atoms with Crippen LogP contribution in [0.25, 0.3) is 22.6 Å². The molecule has 0 aliphatic heterocycles. The van der Waals surface area contributed by atoms with E-state index in [0.29, 0.717) is 38.9 Å². The minimum Gasteiger partial charge on any atom is -0.478 e. The molecule has 1 atom stereocenters. The Morgan fingerprint density at radius 3 is 2.62 bits per heavy atom. The predicted molar refractivity (Wildman–Crippen MR) is 127 cm³/mol. The lowest BCUT2D eigenvalue weighted by Gasteiger charge is -2.15. The molecule has 0 aliphatic rings. The fourth-order valence-electron chi connectivity index (χ4n) is 3.62. The van der Waals surface area contributed by atoms with E-state index in [-0.39, 0.29) is 12.0 Å². The third kappa shape index (κ3) is 5.00. The third-order valence-corrected chi connectivity index (χ3v) is 5.73. The van der Waals surface area contributed by atoms with Crippen molar-refractivity contribution in [3.8, 4) is 22.6 Å². The van der Waals surface area contributed by atoms with Gasteiger partial charge in [0.1, 0.15) is 6.10 Å². The number of carbonyl (C=O) groups is 2. The first-order valence-corrected chi connectivity index (χ1v) is 10.9. The lowest BCUT2D eigenvalue weighted by Crippen LogP contribution is -2.12. The summed E-state index contributed by atoms with van der Waals surface area (Å²) in [4.78, 5) is 28.3.